The number of benzene rings is 4. The molecular formula is C29H28BrOP. The highest BCUT2D eigenvalue weighted by Gasteiger charge is 2.41. The Balaban J connectivity index is 0.00000289. The van der Waals surface area contributed by atoms with Crippen molar-refractivity contribution >= 4 is 23.9 Å². The first-order valence-corrected chi connectivity index (χ1v) is 12.8. The Morgan fingerprint density at radius 1 is 0.688 bits per heavy atom. The second-order valence-corrected chi connectivity index (χ2v) is 11.3. The van der Waals surface area contributed by atoms with Gasteiger partial charge in [0, 0.05) is 0 Å². The molecule has 0 spiro atoms. The maximum Gasteiger partial charge on any atom is 0.119 e. The van der Waals surface area contributed by atoms with Crippen molar-refractivity contribution in [3.8, 4) is 5.75 Å². The Morgan fingerprint density at radius 2 is 1.25 bits per heavy atom. The molecule has 4 rings (SSSR count). The van der Waals surface area contributed by atoms with Crippen molar-refractivity contribution in [2.45, 2.75) is 6.16 Å². The van der Waals surface area contributed by atoms with Gasteiger partial charge in [-0.2, -0.15) is 0 Å². The molecule has 0 amide bonds. The van der Waals surface area contributed by atoms with Crippen molar-refractivity contribution in [2.24, 2.45) is 0 Å². The molecule has 0 saturated carbocycles. The molecule has 0 heterocycles. The second kappa shape index (κ2) is 11.8. The van der Waals surface area contributed by atoms with Crippen LogP contribution in [0.5, 0.6) is 5.75 Å². The molecular weight excluding hydrogens is 475 g/mol. The summed E-state index contributed by atoms with van der Waals surface area (Å²) in [7, 11) is 0.00217. The molecule has 0 aliphatic carbocycles. The maximum absolute atomic E-state index is 5.52. The number of halogens is 1. The molecule has 0 atom stereocenters. The molecule has 0 aromatic heterocycles. The number of hydrogen-bond acceptors (Lipinski definition) is 1. The van der Waals surface area contributed by atoms with Crippen molar-refractivity contribution < 1.29 is 21.7 Å². The van der Waals surface area contributed by atoms with Crippen LogP contribution in [0.15, 0.2) is 121 Å². The highest BCUT2D eigenvalue weighted by atomic mass is 79.9. The molecule has 0 fully saturated rings. The van der Waals surface area contributed by atoms with Gasteiger partial charge in [0.25, 0.3) is 0 Å². The molecule has 0 aliphatic rings. The molecule has 0 unspecified atom stereocenters. The average Bonchev–Trinajstić information content (AvgIpc) is 2.85. The first kappa shape index (κ1) is 24.0. The lowest BCUT2D eigenvalue weighted by atomic mass is 10.2. The standard InChI is InChI=1S/C29H28OP.BrH/c1-30-27-17-11-15-26(23-27)24-31(28-18-7-3-8-19-28,29-20-9-4-10-21-29)22-12-16-25-13-5-2-6-14-25;/h2-21,23H,22,24H2,1H3;1H/q+1;/p-1/b16-12+;. The van der Waals surface area contributed by atoms with Gasteiger partial charge in [-0.05, 0) is 53.6 Å². The summed E-state index contributed by atoms with van der Waals surface area (Å²) >= 11 is 0. The summed E-state index contributed by atoms with van der Waals surface area (Å²) in [6, 6.07) is 41.2. The van der Waals surface area contributed by atoms with Crippen LogP contribution in [0.4, 0.5) is 0 Å². The number of ether oxygens (including phenoxy) is 1. The van der Waals surface area contributed by atoms with Crippen molar-refractivity contribution in [1.82, 2.24) is 0 Å². The van der Waals surface area contributed by atoms with E-state index < -0.39 is 7.26 Å². The van der Waals surface area contributed by atoms with Crippen molar-refractivity contribution in [3.63, 3.8) is 0 Å². The van der Waals surface area contributed by atoms with E-state index in [1.54, 1.807) is 7.11 Å². The van der Waals surface area contributed by atoms with Crippen LogP contribution < -0.4 is 32.3 Å². The van der Waals surface area contributed by atoms with E-state index in [2.05, 4.69) is 121 Å². The van der Waals surface area contributed by atoms with E-state index in [4.69, 9.17) is 4.74 Å². The van der Waals surface area contributed by atoms with Gasteiger partial charge < -0.3 is 21.7 Å². The Kier molecular flexibility index (Phi) is 8.85. The van der Waals surface area contributed by atoms with Gasteiger partial charge in [-0.15, -0.1) is 0 Å². The summed E-state index contributed by atoms with van der Waals surface area (Å²) in [6.45, 7) is 0. The minimum absolute atomic E-state index is 0. The third kappa shape index (κ3) is 5.76. The lowest BCUT2D eigenvalue weighted by molar-refractivity contribution is -0.00000641. The van der Waals surface area contributed by atoms with E-state index >= 15 is 0 Å². The van der Waals surface area contributed by atoms with Crippen LogP contribution in [0.1, 0.15) is 11.1 Å². The molecule has 4 aromatic carbocycles. The molecule has 162 valence electrons. The monoisotopic (exact) mass is 502 g/mol. The zero-order valence-corrected chi connectivity index (χ0v) is 20.8. The Labute approximate surface area is 202 Å². The molecule has 32 heavy (non-hydrogen) atoms. The van der Waals surface area contributed by atoms with Gasteiger partial charge >= 0.3 is 0 Å². The van der Waals surface area contributed by atoms with Gasteiger partial charge in [0.1, 0.15) is 5.75 Å². The molecule has 1 nitrogen and oxygen atoms in total. The minimum atomic E-state index is -1.73. The SMILES string of the molecule is COc1cccc(C[P+](C/C=C/c2ccccc2)(c2ccccc2)c2ccccc2)c1.[Br-]. The first-order chi connectivity index (χ1) is 15.3. The van der Waals surface area contributed by atoms with Crippen LogP contribution in [0.25, 0.3) is 6.08 Å². The number of hydrogen-bond donors (Lipinski definition) is 0. The summed E-state index contributed by atoms with van der Waals surface area (Å²) in [6.07, 6.45) is 6.62. The summed E-state index contributed by atoms with van der Waals surface area (Å²) in [5.74, 6) is 0.913. The van der Waals surface area contributed by atoms with Gasteiger partial charge in [0.05, 0.1) is 37.3 Å². The third-order valence-corrected chi connectivity index (χ3v) is 9.93. The molecule has 0 N–H and O–H groups in total. The molecule has 0 radical (unpaired) electrons. The van der Waals surface area contributed by atoms with Crippen LogP contribution in [-0.4, -0.2) is 13.3 Å². The lowest BCUT2D eigenvalue weighted by Gasteiger charge is -2.27. The summed E-state index contributed by atoms with van der Waals surface area (Å²) in [4.78, 5) is 0. The van der Waals surface area contributed by atoms with Crippen molar-refractivity contribution in [2.75, 3.05) is 13.3 Å². The quantitative estimate of drug-likeness (QED) is 0.334. The largest absolute Gasteiger partial charge is 1.00 e. The maximum atomic E-state index is 5.52. The Morgan fingerprint density at radius 3 is 1.81 bits per heavy atom. The van der Waals surface area contributed by atoms with Gasteiger partial charge in [-0.3, -0.25) is 0 Å². The van der Waals surface area contributed by atoms with E-state index in [0.29, 0.717) is 0 Å². The predicted molar refractivity (Wildman–Crippen MR) is 136 cm³/mol. The zero-order valence-electron chi connectivity index (χ0n) is 18.3. The van der Waals surface area contributed by atoms with E-state index in [1.165, 1.54) is 21.7 Å². The van der Waals surface area contributed by atoms with E-state index in [1.807, 2.05) is 6.07 Å². The summed E-state index contributed by atoms with van der Waals surface area (Å²) in [5, 5.41) is 2.86. The minimum Gasteiger partial charge on any atom is -1.00 e. The van der Waals surface area contributed by atoms with Crippen LogP contribution in [0.2, 0.25) is 0 Å². The lowest BCUT2D eigenvalue weighted by Crippen LogP contribution is -3.00. The number of allylic oxidation sites excluding steroid dienone is 1. The highest BCUT2D eigenvalue weighted by molar-refractivity contribution is 7.89. The molecule has 0 bridgehead atoms. The third-order valence-electron chi connectivity index (χ3n) is 5.61. The molecule has 4 aromatic rings. The average molecular weight is 503 g/mol. The molecule has 0 saturated heterocycles. The number of rotatable bonds is 8. The fourth-order valence-electron chi connectivity index (χ4n) is 4.05. The van der Waals surface area contributed by atoms with Gasteiger partial charge in [0.2, 0.25) is 0 Å². The first-order valence-electron chi connectivity index (χ1n) is 10.6. The van der Waals surface area contributed by atoms with Crippen molar-refractivity contribution in [1.29, 1.82) is 0 Å². The summed E-state index contributed by atoms with van der Waals surface area (Å²) in [5.41, 5.74) is 2.55. The summed E-state index contributed by atoms with van der Waals surface area (Å²) < 4.78 is 5.52. The molecule has 0 aliphatic heterocycles. The smallest absolute Gasteiger partial charge is 0.119 e. The topological polar surface area (TPSA) is 9.23 Å². The van der Waals surface area contributed by atoms with E-state index in [0.717, 1.165) is 18.1 Å². The van der Waals surface area contributed by atoms with E-state index in [9.17, 15) is 0 Å². The predicted octanol–water partition coefficient (Wildman–Crippen LogP) is 3.58. The van der Waals surface area contributed by atoms with Gasteiger partial charge in [-0.1, -0.05) is 84.9 Å². The Hall–Kier alpha value is -2.67. The fourth-order valence-corrected chi connectivity index (χ4v) is 8.03. The molecule has 3 heteroatoms. The number of methoxy groups -OCH3 is 1. The highest BCUT2D eigenvalue weighted by Crippen LogP contribution is 2.59. The normalized spacial score (nSPS) is 11.2. The van der Waals surface area contributed by atoms with Gasteiger partial charge in [0.15, 0.2) is 0 Å². The van der Waals surface area contributed by atoms with E-state index in [-0.39, 0.29) is 17.0 Å². The fraction of sp³-hybridized carbons (Fsp3) is 0.103. The van der Waals surface area contributed by atoms with Crippen LogP contribution in [0, 0.1) is 0 Å². The zero-order chi connectivity index (χ0) is 21.4. The van der Waals surface area contributed by atoms with Crippen LogP contribution in [-0.2, 0) is 6.16 Å². The van der Waals surface area contributed by atoms with Crippen LogP contribution in [0.3, 0.4) is 0 Å². The second-order valence-electron chi connectivity index (χ2n) is 7.64. The Bertz CT molecular complexity index is 1070. The van der Waals surface area contributed by atoms with Gasteiger partial charge in [-0.25, -0.2) is 0 Å². The van der Waals surface area contributed by atoms with Crippen LogP contribution >= 0.6 is 7.26 Å². The van der Waals surface area contributed by atoms with Crippen molar-refractivity contribution in [3.05, 3.63) is 132 Å².